The summed E-state index contributed by atoms with van der Waals surface area (Å²) in [7, 11) is 1.59. The van der Waals surface area contributed by atoms with Crippen molar-refractivity contribution in [2.75, 3.05) is 25.1 Å². The van der Waals surface area contributed by atoms with Crippen molar-refractivity contribution in [3.05, 3.63) is 35.8 Å². The van der Waals surface area contributed by atoms with Crippen molar-refractivity contribution in [3.8, 4) is 0 Å². The molecule has 122 valence electrons. The van der Waals surface area contributed by atoms with Gasteiger partial charge in [-0.25, -0.2) is 4.39 Å². The van der Waals surface area contributed by atoms with E-state index in [1.165, 1.54) is 12.1 Å². The Morgan fingerprint density at radius 3 is 2.91 bits per heavy atom. The first-order chi connectivity index (χ1) is 10.9. The summed E-state index contributed by atoms with van der Waals surface area (Å²) < 4.78 is 18.8. The molecule has 5 nitrogen and oxygen atoms in total. The molecule has 0 spiro atoms. The Hall–Kier alpha value is -2.21. The zero-order valence-electron chi connectivity index (χ0n) is 13.2. The third-order valence-electron chi connectivity index (χ3n) is 4.42. The van der Waals surface area contributed by atoms with E-state index in [2.05, 4.69) is 4.98 Å². The van der Waals surface area contributed by atoms with Crippen LogP contribution in [0, 0.1) is 11.2 Å². The Morgan fingerprint density at radius 1 is 1.48 bits per heavy atom. The van der Waals surface area contributed by atoms with E-state index < -0.39 is 11.4 Å². The fourth-order valence-electron chi connectivity index (χ4n) is 3.06. The standard InChI is InChI=1S/C17H19FN2O3/c1-17(16(21)22)5-6-20(10-17)15-8-12(9-23-2)19-14-4-3-11(18)7-13(14)15/h3-4,7-8H,5-6,9-10H2,1-2H3,(H,21,22). The number of benzene rings is 1. The second kappa shape index (κ2) is 5.77. The largest absolute Gasteiger partial charge is 0.481 e. The van der Waals surface area contributed by atoms with Crippen LogP contribution in [0.3, 0.4) is 0 Å². The first-order valence-electron chi connectivity index (χ1n) is 7.49. The summed E-state index contributed by atoms with van der Waals surface area (Å²) in [6, 6.07) is 6.32. The molecule has 0 aliphatic carbocycles. The van der Waals surface area contributed by atoms with Crippen LogP contribution in [0.1, 0.15) is 19.0 Å². The molecule has 0 radical (unpaired) electrons. The fraction of sp³-hybridized carbons (Fsp3) is 0.412. The Labute approximate surface area is 133 Å². The van der Waals surface area contributed by atoms with Gasteiger partial charge in [-0.2, -0.15) is 0 Å². The molecule has 1 N–H and O–H groups in total. The molecule has 1 saturated heterocycles. The summed E-state index contributed by atoms with van der Waals surface area (Å²) in [5.74, 6) is -1.14. The third-order valence-corrected chi connectivity index (χ3v) is 4.42. The van der Waals surface area contributed by atoms with E-state index in [0.29, 0.717) is 37.0 Å². The number of aromatic nitrogens is 1. The van der Waals surface area contributed by atoms with Gasteiger partial charge in [0.15, 0.2) is 0 Å². The number of hydrogen-bond acceptors (Lipinski definition) is 4. The molecule has 1 aliphatic heterocycles. The number of halogens is 1. The molecule has 6 heteroatoms. The number of carboxylic acids is 1. The van der Waals surface area contributed by atoms with Gasteiger partial charge in [0.25, 0.3) is 0 Å². The number of anilines is 1. The van der Waals surface area contributed by atoms with Gasteiger partial charge in [-0.15, -0.1) is 0 Å². The van der Waals surface area contributed by atoms with Crippen molar-refractivity contribution in [1.29, 1.82) is 0 Å². The van der Waals surface area contributed by atoms with Gasteiger partial charge in [0.05, 0.1) is 23.2 Å². The van der Waals surface area contributed by atoms with Crippen LogP contribution >= 0.6 is 0 Å². The van der Waals surface area contributed by atoms with Gasteiger partial charge in [0, 0.05) is 31.3 Å². The van der Waals surface area contributed by atoms with E-state index in [9.17, 15) is 14.3 Å². The van der Waals surface area contributed by atoms with Gasteiger partial charge < -0.3 is 14.7 Å². The lowest BCUT2D eigenvalue weighted by atomic mass is 9.90. The zero-order valence-corrected chi connectivity index (χ0v) is 13.2. The number of ether oxygens (including phenoxy) is 1. The quantitative estimate of drug-likeness (QED) is 0.939. The molecule has 1 atom stereocenters. The smallest absolute Gasteiger partial charge is 0.311 e. The van der Waals surface area contributed by atoms with Crippen LogP contribution in [0.2, 0.25) is 0 Å². The number of nitrogens with zero attached hydrogens (tertiary/aromatic N) is 2. The Balaban J connectivity index is 2.08. The van der Waals surface area contributed by atoms with E-state index in [1.807, 2.05) is 11.0 Å². The van der Waals surface area contributed by atoms with Crippen molar-refractivity contribution >= 4 is 22.6 Å². The number of methoxy groups -OCH3 is 1. The first-order valence-corrected chi connectivity index (χ1v) is 7.49. The first kappa shape index (κ1) is 15.7. The monoisotopic (exact) mass is 318 g/mol. The van der Waals surface area contributed by atoms with Crippen LogP contribution in [0.4, 0.5) is 10.1 Å². The number of pyridine rings is 1. The van der Waals surface area contributed by atoms with Gasteiger partial charge in [0.2, 0.25) is 0 Å². The number of aliphatic carboxylic acids is 1. The van der Waals surface area contributed by atoms with Gasteiger partial charge in [-0.05, 0) is 37.6 Å². The zero-order chi connectivity index (χ0) is 16.6. The molecule has 1 aliphatic rings. The van der Waals surface area contributed by atoms with Crippen LogP contribution in [-0.2, 0) is 16.1 Å². The molecule has 1 unspecified atom stereocenters. The Bertz CT molecular complexity index is 765. The molecular formula is C17H19FN2O3. The van der Waals surface area contributed by atoms with Crippen molar-refractivity contribution in [3.63, 3.8) is 0 Å². The fourth-order valence-corrected chi connectivity index (χ4v) is 3.06. The molecule has 0 saturated carbocycles. The minimum Gasteiger partial charge on any atom is -0.481 e. The van der Waals surface area contributed by atoms with Gasteiger partial charge in [0.1, 0.15) is 5.82 Å². The number of carboxylic acid groups (broad SMARTS) is 1. The van der Waals surface area contributed by atoms with E-state index in [0.717, 1.165) is 11.4 Å². The van der Waals surface area contributed by atoms with Gasteiger partial charge in [-0.3, -0.25) is 9.78 Å². The van der Waals surface area contributed by atoms with Crippen molar-refractivity contribution in [2.45, 2.75) is 20.0 Å². The normalized spacial score (nSPS) is 21.1. The molecular weight excluding hydrogens is 299 g/mol. The summed E-state index contributed by atoms with van der Waals surface area (Å²) in [6.45, 7) is 3.11. The number of carbonyl (C=O) groups is 1. The van der Waals surface area contributed by atoms with Gasteiger partial charge in [-0.1, -0.05) is 0 Å². The van der Waals surface area contributed by atoms with Gasteiger partial charge >= 0.3 is 5.97 Å². The maximum atomic E-state index is 13.7. The molecule has 0 amide bonds. The number of fused-ring (bicyclic) bond motifs is 1. The molecule has 0 bridgehead atoms. The van der Waals surface area contributed by atoms with Crippen molar-refractivity contribution < 1.29 is 19.0 Å². The molecule has 1 aromatic carbocycles. The van der Waals surface area contributed by atoms with Crippen LogP contribution in [0.5, 0.6) is 0 Å². The van der Waals surface area contributed by atoms with E-state index in [-0.39, 0.29) is 5.82 Å². The average molecular weight is 318 g/mol. The Morgan fingerprint density at radius 2 is 2.26 bits per heavy atom. The van der Waals surface area contributed by atoms with Crippen LogP contribution in [0.25, 0.3) is 10.9 Å². The highest BCUT2D eigenvalue weighted by atomic mass is 19.1. The predicted molar refractivity (Wildman–Crippen MR) is 85.0 cm³/mol. The average Bonchev–Trinajstić information content (AvgIpc) is 2.91. The number of rotatable bonds is 4. The van der Waals surface area contributed by atoms with E-state index in [1.54, 1.807) is 20.1 Å². The molecule has 1 fully saturated rings. The second-order valence-corrected chi connectivity index (χ2v) is 6.26. The minimum absolute atomic E-state index is 0.333. The molecule has 1 aromatic heterocycles. The van der Waals surface area contributed by atoms with Crippen LogP contribution < -0.4 is 4.90 Å². The lowest BCUT2D eigenvalue weighted by molar-refractivity contribution is -0.146. The lowest BCUT2D eigenvalue weighted by Crippen LogP contribution is -2.31. The molecule has 2 aromatic rings. The SMILES string of the molecule is COCc1cc(N2CCC(C)(C(=O)O)C2)c2cc(F)ccc2n1. The van der Waals surface area contributed by atoms with E-state index >= 15 is 0 Å². The second-order valence-electron chi connectivity index (χ2n) is 6.26. The van der Waals surface area contributed by atoms with E-state index in [4.69, 9.17) is 4.74 Å². The topological polar surface area (TPSA) is 62.7 Å². The summed E-state index contributed by atoms with van der Waals surface area (Å²) >= 11 is 0. The predicted octanol–water partition coefficient (Wildman–Crippen LogP) is 2.82. The van der Waals surface area contributed by atoms with Crippen LogP contribution in [-0.4, -0.2) is 36.3 Å². The maximum Gasteiger partial charge on any atom is 0.311 e. The summed E-state index contributed by atoms with van der Waals surface area (Å²) in [4.78, 5) is 17.9. The summed E-state index contributed by atoms with van der Waals surface area (Å²) in [5, 5.41) is 10.1. The van der Waals surface area contributed by atoms with Crippen molar-refractivity contribution in [1.82, 2.24) is 4.98 Å². The highest BCUT2D eigenvalue weighted by Gasteiger charge is 2.41. The highest BCUT2D eigenvalue weighted by Crippen LogP contribution is 2.37. The third kappa shape index (κ3) is 2.86. The number of hydrogen-bond donors (Lipinski definition) is 1. The Kier molecular flexibility index (Phi) is 3.93. The maximum absolute atomic E-state index is 13.7. The molecule has 23 heavy (non-hydrogen) atoms. The molecule has 2 heterocycles. The lowest BCUT2D eigenvalue weighted by Gasteiger charge is -2.23. The summed E-state index contributed by atoms with van der Waals surface area (Å²) in [6.07, 6.45) is 0.557. The minimum atomic E-state index is -0.804. The molecule has 3 rings (SSSR count). The highest BCUT2D eigenvalue weighted by molar-refractivity contribution is 5.92. The van der Waals surface area contributed by atoms with Crippen molar-refractivity contribution in [2.24, 2.45) is 5.41 Å². The summed E-state index contributed by atoms with van der Waals surface area (Å²) in [5.41, 5.74) is 1.45. The van der Waals surface area contributed by atoms with Crippen LogP contribution in [0.15, 0.2) is 24.3 Å².